The van der Waals surface area contributed by atoms with E-state index in [9.17, 15) is 4.79 Å². The Morgan fingerprint density at radius 1 is 1.21 bits per heavy atom. The Kier molecular flexibility index (Phi) is 3.05. The number of hydrogen-bond donors (Lipinski definition) is 0. The minimum absolute atomic E-state index is 0.205. The highest BCUT2D eigenvalue weighted by molar-refractivity contribution is 5.84. The molecule has 1 saturated heterocycles. The number of rotatable bonds is 1. The van der Waals surface area contributed by atoms with Crippen molar-refractivity contribution in [1.82, 2.24) is 9.47 Å². The molecule has 0 bridgehead atoms. The monoisotopic (exact) mass is 256 g/mol. The first-order valence-electron chi connectivity index (χ1n) is 6.96. The minimum atomic E-state index is 0.205. The molecule has 3 nitrogen and oxygen atoms in total. The van der Waals surface area contributed by atoms with E-state index in [0.717, 1.165) is 25.9 Å². The van der Waals surface area contributed by atoms with Crippen molar-refractivity contribution in [3.05, 3.63) is 36.0 Å². The van der Waals surface area contributed by atoms with Gasteiger partial charge in [-0.3, -0.25) is 4.79 Å². The van der Waals surface area contributed by atoms with Crippen molar-refractivity contribution in [2.75, 3.05) is 13.1 Å². The van der Waals surface area contributed by atoms with Gasteiger partial charge in [-0.25, -0.2) is 0 Å². The summed E-state index contributed by atoms with van der Waals surface area (Å²) in [6, 6.07) is 8.58. The number of piperidine rings is 1. The maximum Gasteiger partial charge on any atom is 0.219 e. The molecule has 19 heavy (non-hydrogen) atoms. The van der Waals surface area contributed by atoms with Crippen LogP contribution in [0.1, 0.15) is 31.2 Å². The zero-order chi connectivity index (χ0) is 13.4. The third-order valence-corrected chi connectivity index (χ3v) is 4.31. The summed E-state index contributed by atoms with van der Waals surface area (Å²) in [4.78, 5) is 13.3. The van der Waals surface area contributed by atoms with Gasteiger partial charge in [0.1, 0.15) is 0 Å². The van der Waals surface area contributed by atoms with Gasteiger partial charge in [0.15, 0.2) is 0 Å². The van der Waals surface area contributed by atoms with Gasteiger partial charge in [0.05, 0.1) is 0 Å². The smallest absolute Gasteiger partial charge is 0.219 e. The number of benzene rings is 1. The van der Waals surface area contributed by atoms with Crippen LogP contribution >= 0.6 is 0 Å². The average molecular weight is 256 g/mol. The normalized spacial score (nSPS) is 17.1. The van der Waals surface area contributed by atoms with E-state index in [1.165, 1.54) is 16.5 Å². The molecule has 2 heterocycles. The number of likely N-dealkylation sites (tertiary alicyclic amines) is 1. The van der Waals surface area contributed by atoms with Crippen molar-refractivity contribution in [3.8, 4) is 0 Å². The van der Waals surface area contributed by atoms with Gasteiger partial charge in [-0.1, -0.05) is 18.2 Å². The van der Waals surface area contributed by atoms with Gasteiger partial charge in [0.2, 0.25) is 5.91 Å². The lowest BCUT2D eigenvalue weighted by atomic mass is 9.89. The first-order valence-corrected chi connectivity index (χ1v) is 6.96. The number of aromatic nitrogens is 1. The molecule has 1 aromatic heterocycles. The number of nitrogens with zero attached hydrogens (tertiary/aromatic N) is 2. The quantitative estimate of drug-likeness (QED) is 0.770. The molecule has 1 aliphatic heterocycles. The lowest BCUT2D eigenvalue weighted by molar-refractivity contribution is -0.129. The molecule has 0 spiro atoms. The standard InChI is InChI=1S/C16H20N2O/c1-12(19)18-9-7-13(8-10-18)15-11-17(2)16-6-4-3-5-14(15)16/h3-6,11,13H,7-10H2,1-2H3. The average Bonchev–Trinajstić information content (AvgIpc) is 2.77. The second kappa shape index (κ2) is 4.72. The molecule has 0 unspecified atom stereocenters. The largest absolute Gasteiger partial charge is 0.350 e. The topological polar surface area (TPSA) is 25.2 Å². The number of carbonyl (C=O) groups excluding carboxylic acids is 1. The number of para-hydroxylation sites is 1. The Bertz CT molecular complexity index is 606. The van der Waals surface area contributed by atoms with Gasteiger partial charge >= 0.3 is 0 Å². The summed E-state index contributed by atoms with van der Waals surface area (Å²) in [6.45, 7) is 3.45. The minimum Gasteiger partial charge on any atom is -0.350 e. The van der Waals surface area contributed by atoms with Gasteiger partial charge in [-0.2, -0.15) is 0 Å². The molecule has 0 aliphatic carbocycles. The molecule has 0 radical (unpaired) electrons. The van der Waals surface area contributed by atoms with Crippen molar-refractivity contribution in [2.45, 2.75) is 25.7 Å². The number of hydrogen-bond acceptors (Lipinski definition) is 1. The van der Waals surface area contributed by atoms with Crippen molar-refractivity contribution >= 4 is 16.8 Å². The number of amides is 1. The summed E-state index contributed by atoms with van der Waals surface area (Å²) in [6.07, 6.45) is 4.42. The second-order valence-electron chi connectivity index (χ2n) is 5.49. The Hall–Kier alpha value is -1.77. The fraction of sp³-hybridized carbons (Fsp3) is 0.438. The van der Waals surface area contributed by atoms with E-state index in [4.69, 9.17) is 0 Å². The molecular formula is C16H20N2O. The lowest BCUT2D eigenvalue weighted by Gasteiger charge is -2.31. The maximum atomic E-state index is 11.4. The van der Waals surface area contributed by atoms with Gasteiger partial charge in [0.25, 0.3) is 0 Å². The summed E-state index contributed by atoms with van der Waals surface area (Å²) in [5.41, 5.74) is 2.74. The molecule has 0 atom stereocenters. The van der Waals surface area contributed by atoms with Crippen LogP contribution in [0.15, 0.2) is 30.5 Å². The summed E-state index contributed by atoms with van der Waals surface area (Å²) in [5.74, 6) is 0.790. The van der Waals surface area contributed by atoms with Crippen LogP contribution in [-0.4, -0.2) is 28.5 Å². The summed E-state index contributed by atoms with van der Waals surface area (Å²) < 4.78 is 2.21. The third kappa shape index (κ3) is 2.14. The van der Waals surface area contributed by atoms with E-state index in [0.29, 0.717) is 5.92 Å². The van der Waals surface area contributed by atoms with Gasteiger partial charge in [-0.05, 0) is 30.4 Å². The first kappa shape index (κ1) is 12.3. The fourth-order valence-corrected chi connectivity index (χ4v) is 3.20. The highest BCUT2D eigenvalue weighted by atomic mass is 16.2. The highest BCUT2D eigenvalue weighted by Gasteiger charge is 2.24. The van der Waals surface area contributed by atoms with Crippen LogP contribution in [0.5, 0.6) is 0 Å². The Balaban J connectivity index is 1.88. The zero-order valence-corrected chi connectivity index (χ0v) is 11.6. The molecular weight excluding hydrogens is 236 g/mol. The Labute approximate surface area is 113 Å². The van der Waals surface area contributed by atoms with Crippen molar-refractivity contribution in [1.29, 1.82) is 0 Å². The summed E-state index contributed by atoms with van der Waals surface area (Å²) in [5, 5.41) is 1.37. The number of carbonyl (C=O) groups is 1. The molecule has 3 rings (SSSR count). The molecule has 1 fully saturated rings. The number of fused-ring (bicyclic) bond motifs is 1. The molecule has 100 valence electrons. The van der Waals surface area contributed by atoms with Crippen LogP contribution in [0, 0.1) is 0 Å². The Morgan fingerprint density at radius 3 is 2.58 bits per heavy atom. The summed E-state index contributed by atoms with van der Waals surface area (Å²) >= 11 is 0. The van der Waals surface area contributed by atoms with Crippen molar-refractivity contribution in [2.24, 2.45) is 7.05 Å². The van der Waals surface area contributed by atoms with E-state index < -0.39 is 0 Å². The molecule has 1 amide bonds. The summed E-state index contributed by atoms with van der Waals surface area (Å²) in [7, 11) is 2.11. The van der Waals surface area contributed by atoms with Crippen LogP contribution in [0.2, 0.25) is 0 Å². The van der Waals surface area contributed by atoms with Crippen LogP contribution in [-0.2, 0) is 11.8 Å². The van der Waals surface area contributed by atoms with Crippen LogP contribution < -0.4 is 0 Å². The maximum absolute atomic E-state index is 11.4. The van der Waals surface area contributed by atoms with Gasteiger partial charge in [-0.15, -0.1) is 0 Å². The highest BCUT2D eigenvalue weighted by Crippen LogP contribution is 2.33. The molecule has 3 heteroatoms. The SMILES string of the molecule is CC(=O)N1CCC(c2cn(C)c3ccccc23)CC1. The number of aryl methyl sites for hydroxylation is 1. The lowest BCUT2D eigenvalue weighted by Crippen LogP contribution is -2.36. The third-order valence-electron chi connectivity index (χ3n) is 4.31. The molecule has 0 saturated carbocycles. The molecule has 1 aliphatic rings. The van der Waals surface area contributed by atoms with E-state index in [-0.39, 0.29) is 5.91 Å². The molecule has 0 N–H and O–H groups in total. The fourth-order valence-electron chi connectivity index (χ4n) is 3.20. The van der Waals surface area contributed by atoms with Gasteiger partial charge in [0, 0.05) is 44.2 Å². The van der Waals surface area contributed by atoms with E-state index in [1.54, 1.807) is 6.92 Å². The van der Waals surface area contributed by atoms with Crippen LogP contribution in [0.4, 0.5) is 0 Å². The van der Waals surface area contributed by atoms with E-state index in [2.05, 4.69) is 42.1 Å². The van der Waals surface area contributed by atoms with Crippen LogP contribution in [0.25, 0.3) is 10.9 Å². The molecule has 2 aromatic rings. The zero-order valence-electron chi connectivity index (χ0n) is 11.6. The Morgan fingerprint density at radius 2 is 1.89 bits per heavy atom. The first-order chi connectivity index (χ1) is 9.16. The van der Waals surface area contributed by atoms with E-state index in [1.807, 2.05) is 4.90 Å². The predicted molar refractivity (Wildman–Crippen MR) is 77.1 cm³/mol. The van der Waals surface area contributed by atoms with Crippen molar-refractivity contribution in [3.63, 3.8) is 0 Å². The van der Waals surface area contributed by atoms with Crippen molar-refractivity contribution < 1.29 is 4.79 Å². The second-order valence-corrected chi connectivity index (χ2v) is 5.49. The van der Waals surface area contributed by atoms with E-state index >= 15 is 0 Å². The van der Waals surface area contributed by atoms with Crippen LogP contribution in [0.3, 0.4) is 0 Å². The molecule has 1 aromatic carbocycles. The van der Waals surface area contributed by atoms with Gasteiger partial charge < -0.3 is 9.47 Å². The predicted octanol–water partition coefficient (Wildman–Crippen LogP) is 2.90.